The van der Waals surface area contributed by atoms with Crippen molar-refractivity contribution in [1.82, 2.24) is 37.4 Å². The van der Waals surface area contributed by atoms with Gasteiger partial charge in [0.1, 0.15) is 11.2 Å². The molecule has 8 heterocycles. The fraction of sp³-hybridized carbons (Fsp3) is 0. The third kappa shape index (κ3) is 9.04. The minimum atomic E-state index is 0.550. The fourth-order valence-corrected chi connectivity index (χ4v) is 19.0. The van der Waals surface area contributed by atoms with E-state index in [1.165, 1.54) is 65.2 Å². The van der Waals surface area contributed by atoms with Crippen molar-refractivity contribution in [2.24, 2.45) is 0 Å². The van der Waals surface area contributed by atoms with Gasteiger partial charge in [0, 0.05) is 110 Å². The normalized spacial score (nSPS) is 12.2. The Bertz CT molecular complexity index is 8160. The maximum atomic E-state index is 6.80. The molecule has 0 aliphatic heterocycles. The third-order valence-electron chi connectivity index (χ3n) is 24.0. The number of nitrogens with zero attached hydrogens (tertiary/aromatic N) is 8. The number of hydrogen-bond donors (Lipinski definition) is 0. The van der Waals surface area contributed by atoms with E-state index in [2.05, 4.69) is 397 Å². The van der Waals surface area contributed by atoms with Crippen molar-refractivity contribution in [2.45, 2.75) is 0 Å². The molecule has 17 aromatic carbocycles. The summed E-state index contributed by atoms with van der Waals surface area (Å²) in [5.74, 6) is 1.30. The molecule has 0 aliphatic rings. The average molecular weight is 1440 g/mol. The van der Waals surface area contributed by atoms with E-state index in [-0.39, 0.29) is 0 Å². The second-order valence-electron chi connectivity index (χ2n) is 30.0. The zero-order chi connectivity index (χ0) is 73.7. The van der Waals surface area contributed by atoms with Crippen LogP contribution in [-0.2, 0) is 0 Å². The van der Waals surface area contributed by atoms with Crippen molar-refractivity contribution in [2.75, 3.05) is 0 Å². The first kappa shape index (κ1) is 61.7. The molecule has 0 saturated carbocycles. The number of benzene rings is 17. The van der Waals surface area contributed by atoms with Gasteiger partial charge in [0.2, 0.25) is 5.95 Å². The van der Waals surface area contributed by atoms with Gasteiger partial charge in [-0.25, -0.2) is 4.98 Å². The highest BCUT2D eigenvalue weighted by Gasteiger charge is 2.26. The van der Waals surface area contributed by atoms with Crippen molar-refractivity contribution < 1.29 is 4.42 Å². The lowest BCUT2D eigenvalue weighted by Gasteiger charge is -2.16. The summed E-state index contributed by atoms with van der Waals surface area (Å²) < 4.78 is 21.0. The van der Waals surface area contributed by atoms with Crippen LogP contribution in [0.25, 0.3) is 232 Å². The van der Waals surface area contributed by atoms with E-state index >= 15 is 0 Å². The molecule has 0 unspecified atom stereocenters. The first-order chi connectivity index (χ1) is 56.0. The van der Waals surface area contributed by atoms with Crippen LogP contribution >= 0.6 is 0 Å². The predicted molar refractivity (Wildman–Crippen MR) is 469 cm³/mol. The Morgan fingerprint density at radius 1 is 0.168 bits per heavy atom. The summed E-state index contributed by atoms with van der Waals surface area (Å²) >= 11 is 0. The van der Waals surface area contributed by atoms with Gasteiger partial charge in [0.05, 0.1) is 71.7 Å². The first-order valence-electron chi connectivity index (χ1n) is 38.6. The van der Waals surface area contributed by atoms with Crippen LogP contribution in [0.15, 0.2) is 381 Å². The number of aromatic nitrogens is 8. The van der Waals surface area contributed by atoms with Crippen molar-refractivity contribution in [3.63, 3.8) is 0 Å². The van der Waals surface area contributed by atoms with E-state index in [0.29, 0.717) is 5.95 Å². The van der Waals surface area contributed by atoms with Crippen molar-refractivity contribution in [3.8, 4) is 67.9 Å². The summed E-state index contributed by atoms with van der Waals surface area (Å²) in [4.78, 5) is 11.9. The maximum Gasteiger partial charge on any atom is 0.237 e. The second-order valence-corrected chi connectivity index (χ2v) is 30.0. The van der Waals surface area contributed by atoms with Crippen LogP contribution < -0.4 is 0 Å². The second kappa shape index (κ2) is 23.6. The monoisotopic (exact) mass is 1440 g/mol. The molecule has 25 rings (SSSR count). The molecule has 0 fully saturated rings. The van der Waals surface area contributed by atoms with Gasteiger partial charge >= 0.3 is 0 Å². The molecule has 113 heavy (non-hydrogen) atoms. The van der Waals surface area contributed by atoms with Crippen LogP contribution in [0.2, 0.25) is 0 Å². The molecular weight excluding hydrogens is 1380 g/mol. The first-order valence-corrected chi connectivity index (χ1v) is 38.6. The molecule has 9 nitrogen and oxygen atoms in total. The van der Waals surface area contributed by atoms with Crippen molar-refractivity contribution in [1.29, 1.82) is 0 Å². The molecule has 524 valence electrons. The topological polar surface area (TPSA) is 68.5 Å². The summed E-state index contributed by atoms with van der Waals surface area (Å²) in [6.45, 7) is 0. The van der Waals surface area contributed by atoms with E-state index < -0.39 is 0 Å². The highest BCUT2D eigenvalue weighted by molar-refractivity contribution is 6.20. The van der Waals surface area contributed by atoms with Crippen LogP contribution in [0.5, 0.6) is 0 Å². The molecule has 0 radical (unpaired) electrons. The number of hydrogen-bond acceptors (Lipinski definition) is 3. The molecule has 0 aliphatic carbocycles. The van der Waals surface area contributed by atoms with Crippen molar-refractivity contribution >= 4 is 164 Å². The molecule has 0 saturated heterocycles. The standard InChI is InChI=1S/C104H62N8O/c1-4-22-69(23-5-1)107-89-34-16-10-28-73(89)79-54-63(40-48-94(79)107)64-43-51-97-82(57-64)76-31-13-19-37-92(76)110(97)72-46-47-88-87(60-72)103(111-93-38-20-14-32-77(93)85-61-86-78-33-15-21-39-101(78)113-102(86)62-100(85)111)106-104(105-88)112-98-52-44-67(65-41-49-95-80(55-65)74-29-11-17-35-90(74)108(95)70-24-6-2-7-25-70)58-83(98)84-59-68(45-53-99(84)112)66-42-50-96-81(56-66)75-30-12-18-36-91(75)109(96)71-26-8-3-9-27-71/h1-62H. The highest BCUT2D eigenvalue weighted by Crippen LogP contribution is 2.46. The van der Waals surface area contributed by atoms with Gasteiger partial charge in [0.25, 0.3) is 0 Å². The van der Waals surface area contributed by atoms with Crippen LogP contribution in [0.4, 0.5) is 0 Å². The Hall–Kier alpha value is -15.3. The lowest BCUT2D eigenvalue weighted by atomic mass is 9.98. The minimum absolute atomic E-state index is 0.550. The Morgan fingerprint density at radius 3 is 0.876 bits per heavy atom. The van der Waals surface area contributed by atoms with Crippen LogP contribution in [0.3, 0.4) is 0 Å². The average Bonchev–Trinajstić information content (AvgIpc) is 1.57. The lowest BCUT2D eigenvalue weighted by Crippen LogP contribution is -2.08. The Morgan fingerprint density at radius 2 is 0.478 bits per heavy atom. The third-order valence-corrected chi connectivity index (χ3v) is 24.0. The van der Waals surface area contributed by atoms with E-state index in [9.17, 15) is 0 Å². The smallest absolute Gasteiger partial charge is 0.237 e. The SMILES string of the molecule is c1ccc(-n2c3ccccc3c3cc(-c4ccc5c(c4)c4ccccc4n5-c4ccc5nc(-n6c7ccc(-c8ccc9c(c8)c8ccccc8n9-c8ccccc8)cc7c7cc(-c8ccc9c(c8)c8ccccc8n9-c8ccccc8)ccc76)nc(-n6c7ccccc7c7cc8c(cc76)oc6ccccc68)c5c4)ccc32)cc1. The number of fused-ring (bicyclic) bond motifs is 22. The Labute approximate surface area is 645 Å². The predicted octanol–water partition coefficient (Wildman–Crippen LogP) is 27.1. The van der Waals surface area contributed by atoms with E-state index in [1.54, 1.807) is 0 Å². The summed E-state index contributed by atoms with van der Waals surface area (Å²) in [6.07, 6.45) is 0. The zero-order valence-corrected chi connectivity index (χ0v) is 60.8. The number of para-hydroxylation sites is 9. The number of furan rings is 1. The van der Waals surface area contributed by atoms with E-state index in [1.807, 2.05) is 6.07 Å². The maximum absolute atomic E-state index is 6.80. The summed E-state index contributed by atoms with van der Waals surface area (Å²) in [6, 6.07) is 137. The van der Waals surface area contributed by atoms with Gasteiger partial charge in [-0.15, -0.1) is 0 Å². The molecule has 8 aromatic heterocycles. The van der Waals surface area contributed by atoms with Gasteiger partial charge in [0.15, 0.2) is 5.82 Å². The zero-order valence-electron chi connectivity index (χ0n) is 60.8. The summed E-state index contributed by atoms with van der Waals surface area (Å²) in [5, 5.41) is 17.0. The molecular formula is C104H62N8O. The fourth-order valence-electron chi connectivity index (χ4n) is 19.0. The lowest BCUT2D eigenvalue weighted by molar-refractivity contribution is 0.669. The van der Waals surface area contributed by atoms with Crippen LogP contribution in [0, 0.1) is 0 Å². The molecule has 0 N–H and O–H groups in total. The molecule has 0 amide bonds. The molecule has 0 atom stereocenters. The van der Waals surface area contributed by atoms with E-state index in [0.717, 1.165) is 160 Å². The van der Waals surface area contributed by atoms with Gasteiger partial charge in [-0.3, -0.25) is 9.13 Å². The summed E-state index contributed by atoms with van der Waals surface area (Å²) in [7, 11) is 0. The van der Waals surface area contributed by atoms with Gasteiger partial charge in [-0.1, -0.05) is 200 Å². The van der Waals surface area contributed by atoms with E-state index in [4.69, 9.17) is 14.4 Å². The molecule has 25 aromatic rings. The quantitative estimate of drug-likeness (QED) is 0.145. The highest BCUT2D eigenvalue weighted by atomic mass is 16.3. The molecule has 0 bridgehead atoms. The van der Waals surface area contributed by atoms with Crippen molar-refractivity contribution in [3.05, 3.63) is 376 Å². The Balaban J connectivity index is 0.714. The molecule has 0 spiro atoms. The van der Waals surface area contributed by atoms with Crippen LogP contribution in [0.1, 0.15) is 0 Å². The largest absolute Gasteiger partial charge is 0.456 e. The number of rotatable bonds is 9. The van der Waals surface area contributed by atoms with Crippen LogP contribution in [-0.4, -0.2) is 37.4 Å². The summed E-state index contributed by atoms with van der Waals surface area (Å²) in [5.41, 5.74) is 26.8. The minimum Gasteiger partial charge on any atom is -0.456 e. The molecule has 9 heteroatoms. The Kier molecular flexibility index (Phi) is 12.9. The van der Waals surface area contributed by atoms with Gasteiger partial charge in [-0.2, -0.15) is 4.98 Å². The van der Waals surface area contributed by atoms with Gasteiger partial charge < -0.3 is 22.7 Å². The van der Waals surface area contributed by atoms with Gasteiger partial charge in [-0.05, 0) is 203 Å².